The van der Waals surface area contributed by atoms with Crippen molar-refractivity contribution in [2.24, 2.45) is 0 Å². The molecular formula is C14H15N3O6. The Morgan fingerprint density at radius 2 is 2.13 bits per heavy atom. The highest BCUT2D eigenvalue weighted by atomic mass is 16.5. The molecule has 0 aliphatic carbocycles. The molecule has 0 spiro atoms. The van der Waals surface area contributed by atoms with Crippen molar-refractivity contribution in [3.05, 3.63) is 34.2 Å². The summed E-state index contributed by atoms with van der Waals surface area (Å²) in [6.45, 7) is 2.89. The third-order valence-corrected chi connectivity index (χ3v) is 2.79. The number of rotatable bonds is 5. The zero-order chi connectivity index (χ0) is 17.1. The summed E-state index contributed by atoms with van der Waals surface area (Å²) in [6.07, 6.45) is 1.18. The number of aromatic hydroxyl groups is 1. The molecule has 0 saturated heterocycles. The van der Waals surface area contributed by atoms with Crippen LogP contribution >= 0.6 is 0 Å². The van der Waals surface area contributed by atoms with Gasteiger partial charge >= 0.3 is 5.97 Å². The van der Waals surface area contributed by atoms with Gasteiger partial charge in [0.1, 0.15) is 6.54 Å². The lowest BCUT2D eigenvalue weighted by Gasteiger charge is -2.13. The molecule has 2 rings (SSSR count). The summed E-state index contributed by atoms with van der Waals surface area (Å²) in [4.78, 5) is 38.5. The van der Waals surface area contributed by atoms with E-state index in [1.54, 1.807) is 19.9 Å². The van der Waals surface area contributed by atoms with Crippen LogP contribution in [0.2, 0.25) is 0 Å². The Hall–Kier alpha value is -3.10. The molecule has 2 aromatic heterocycles. The molecular weight excluding hydrogens is 306 g/mol. The summed E-state index contributed by atoms with van der Waals surface area (Å²) >= 11 is 0. The van der Waals surface area contributed by atoms with E-state index in [2.05, 4.69) is 4.98 Å². The van der Waals surface area contributed by atoms with Crippen molar-refractivity contribution in [3.8, 4) is 11.6 Å². The summed E-state index contributed by atoms with van der Waals surface area (Å²) in [5.74, 6) is -2.82. The highest BCUT2D eigenvalue weighted by Gasteiger charge is 2.21. The number of pyridine rings is 1. The second-order valence-corrected chi connectivity index (χ2v) is 4.92. The highest BCUT2D eigenvalue weighted by molar-refractivity contribution is 5.97. The molecule has 0 aliphatic rings. The second kappa shape index (κ2) is 6.34. The van der Waals surface area contributed by atoms with Crippen LogP contribution in [0.15, 0.2) is 23.1 Å². The number of amides is 1. The number of carboxylic acids is 1. The minimum atomic E-state index is -1.28. The lowest BCUT2D eigenvalue weighted by atomic mass is 10.2. The molecule has 0 atom stereocenters. The molecule has 2 aromatic rings. The predicted molar refractivity (Wildman–Crippen MR) is 78.9 cm³/mol. The van der Waals surface area contributed by atoms with E-state index in [-0.39, 0.29) is 17.5 Å². The quantitative estimate of drug-likeness (QED) is 0.706. The Kier molecular flexibility index (Phi) is 4.49. The van der Waals surface area contributed by atoms with E-state index >= 15 is 0 Å². The number of hydrogen-bond acceptors (Lipinski definition) is 6. The summed E-state index contributed by atoms with van der Waals surface area (Å²) < 4.78 is 6.55. The van der Waals surface area contributed by atoms with E-state index in [0.29, 0.717) is 0 Å². The Labute approximate surface area is 130 Å². The van der Waals surface area contributed by atoms with Gasteiger partial charge in [0.05, 0.1) is 6.10 Å². The maximum Gasteiger partial charge on any atom is 0.322 e. The van der Waals surface area contributed by atoms with Gasteiger partial charge in [0, 0.05) is 6.20 Å². The number of aromatic nitrogens is 2. The number of carboxylic acid groups (broad SMARTS) is 1. The van der Waals surface area contributed by atoms with E-state index in [4.69, 9.17) is 9.84 Å². The van der Waals surface area contributed by atoms with Gasteiger partial charge in [-0.15, -0.1) is 0 Å². The van der Waals surface area contributed by atoms with E-state index in [0.717, 1.165) is 4.40 Å². The molecule has 2 heterocycles. The Bertz CT molecular complexity index is 827. The molecule has 0 bridgehead atoms. The van der Waals surface area contributed by atoms with Crippen molar-refractivity contribution in [2.45, 2.75) is 20.0 Å². The third kappa shape index (κ3) is 3.39. The fourth-order valence-corrected chi connectivity index (χ4v) is 1.91. The first kappa shape index (κ1) is 16.3. The smallest absolute Gasteiger partial charge is 0.322 e. The molecule has 0 unspecified atom stereocenters. The molecule has 0 radical (unpaired) electrons. The van der Waals surface area contributed by atoms with Crippen LogP contribution in [0.5, 0.6) is 11.6 Å². The highest BCUT2D eigenvalue weighted by Crippen LogP contribution is 2.21. The molecule has 122 valence electrons. The normalized spacial score (nSPS) is 10.7. The number of aliphatic carboxylic acids is 1. The first-order valence-electron chi connectivity index (χ1n) is 6.72. The van der Waals surface area contributed by atoms with Gasteiger partial charge in [-0.3, -0.25) is 18.8 Å². The van der Waals surface area contributed by atoms with E-state index in [9.17, 15) is 19.5 Å². The van der Waals surface area contributed by atoms with Crippen molar-refractivity contribution in [3.63, 3.8) is 0 Å². The van der Waals surface area contributed by atoms with Crippen LogP contribution in [0.3, 0.4) is 0 Å². The topological polar surface area (TPSA) is 130 Å². The number of nitrogens with zero attached hydrogens (tertiary/aromatic N) is 2. The van der Waals surface area contributed by atoms with E-state index < -0.39 is 35.4 Å². The van der Waals surface area contributed by atoms with Crippen molar-refractivity contribution in [1.82, 2.24) is 14.7 Å². The van der Waals surface area contributed by atoms with Crippen LogP contribution in [-0.2, 0) is 4.79 Å². The Morgan fingerprint density at radius 1 is 1.43 bits per heavy atom. The molecule has 0 aromatic carbocycles. The van der Waals surface area contributed by atoms with Crippen LogP contribution in [-0.4, -0.2) is 44.1 Å². The lowest BCUT2D eigenvalue weighted by Crippen LogP contribution is -2.34. The van der Waals surface area contributed by atoms with Crippen LogP contribution in [0, 0.1) is 0 Å². The average molecular weight is 321 g/mol. The zero-order valence-electron chi connectivity index (χ0n) is 12.4. The van der Waals surface area contributed by atoms with Crippen molar-refractivity contribution < 1.29 is 24.5 Å². The third-order valence-electron chi connectivity index (χ3n) is 2.79. The molecule has 23 heavy (non-hydrogen) atoms. The molecule has 1 amide bonds. The molecule has 0 aliphatic heterocycles. The first-order valence-corrected chi connectivity index (χ1v) is 6.72. The number of ether oxygens (including phenoxy) is 1. The standard InChI is InChI=1S/C14H15N3O6/c1-7(2)23-8-4-3-5-17-11(8)16-13(21)10(14(17)22)12(20)15-6-9(18)19/h3-5,7,21H,6H2,1-2H3,(H,15,20)(H,18,19). The van der Waals surface area contributed by atoms with Gasteiger partial charge in [0.2, 0.25) is 5.88 Å². The minimum absolute atomic E-state index is 0.0542. The SMILES string of the molecule is CC(C)Oc1cccn2c(=O)c(C(=O)NCC(=O)O)c(O)nc12. The summed E-state index contributed by atoms with van der Waals surface area (Å²) in [5.41, 5.74) is -1.41. The largest absolute Gasteiger partial charge is 0.493 e. The summed E-state index contributed by atoms with van der Waals surface area (Å²) in [5, 5.41) is 20.5. The monoisotopic (exact) mass is 321 g/mol. The average Bonchev–Trinajstić information content (AvgIpc) is 2.45. The lowest BCUT2D eigenvalue weighted by molar-refractivity contribution is -0.135. The molecule has 9 nitrogen and oxygen atoms in total. The first-order chi connectivity index (χ1) is 10.8. The van der Waals surface area contributed by atoms with Crippen molar-refractivity contribution >= 4 is 17.5 Å². The van der Waals surface area contributed by atoms with Crippen LogP contribution in [0.25, 0.3) is 5.65 Å². The molecule has 9 heteroatoms. The van der Waals surface area contributed by atoms with Crippen molar-refractivity contribution in [1.29, 1.82) is 0 Å². The number of hydrogen-bond donors (Lipinski definition) is 3. The molecule has 0 saturated carbocycles. The fraction of sp³-hybridized carbons (Fsp3) is 0.286. The van der Waals surface area contributed by atoms with E-state index in [1.165, 1.54) is 12.3 Å². The van der Waals surface area contributed by atoms with Gasteiger partial charge in [-0.2, -0.15) is 4.98 Å². The van der Waals surface area contributed by atoms with Crippen LogP contribution in [0.1, 0.15) is 24.2 Å². The van der Waals surface area contributed by atoms with Crippen molar-refractivity contribution in [2.75, 3.05) is 6.54 Å². The van der Waals surface area contributed by atoms with Crippen LogP contribution < -0.4 is 15.6 Å². The molecule has 0 fully saturated rings. The van der Waals surface area contributed by atoms with Gasteiger partial charge < -0.3 is 20.3 Å². The number of carbonyl (C=O) groups excluding carboxylic acids is 1. The summed E-state index contributed by atoms with van der Waals surface area (Å²) in [6, 6.07) is 3.11. The Morgan fingerprint density at radius 3 is 2.74 bits per heavy atom. The Balaban J connectivity index is 2.56. The minimum Gasteiger partial charge on any atom is -0.493 e. The molecule has 3 N–H and O–H groups in total. The number of carbonyl (C=O) groups is 2. The number of fused-ring (bicyclic) bond motifs is 1. The fourth-order valence-electron chi connectivity index (χ4n) is 1.91. The number of nitrogens with one attached hydrogen (secondary N) is 1. The maximum absolute atomic E-state index is 12.4. The predicted octanol–water partition coefficient (Wildman–Crippen LogP) is 0.00170. The van der Waals surface area contributed by atoms with Gasteiger partial charge in [0.25, 0.3) is 11.5 Å². The van der Waals surface area contributed by atoms with Gasteiger partial charge in [0.15, 0.2) is 17.0 Å². The summed E-state index contributed by atoms with van der Waals surface area (Å²) in [7, 11) is 0. The van der Waals surface area contributed by atoms with Crippen LogP contribution in [0.4, 0.5) is 0 Å². The van der Waals surface area contributed by atoms with E-state index in [1.807, 2.05) is 5.32 Å². The maximum atomic E-state index is 12.4. The second-order valence-electron chi connectivity index (χ2n) is 4.92. The van der Waals surface area contributed by atoms with Gasteiger partial charge in [-0.1, -0.05) is 0 Å². The van der Waals surface area contributed by atoms with Gasteiger partial charge in [-0.05, 0) is 26.0 Å². The zero-order valence-corrected chi connectivity index (χ0v) is 12.4. The van der Waals surface area contributed by atoms with Gasteiger partial charge in [-0.25, -0.2) is 0 Å².